The van der Waals surface area contributed by atoms with Crippen molar-refractivity contribution in [3.63, 3.8) is 0 Å². The molecule has 9 heteroatoms. The number of rotatable bonds is 7. The molecule has 170 valence electrons. The lowest BCUT2D eigenvalue weighted by Gasteiger charge is -2.28. The fourth-order valence-corrected chi connectivity index (χ4v) is 5.02. The molecule has 1 aliphatic heterocycles. The van der Waals surface area contributed by atoms with Gasteiger partial charge in [0.1, 0.15) is 11.6 Å². The average molecular weight is 459 g/mol. The van der Waals surface area contributed by atoms with Crippen LogP contribution in [0.4, 0.5) is 15.3 Å². The second-order valence-electron chi connectivity index (χ2n) is 8.35. The van der Waals surface area contributed by atoms with Crippen LogP contribution in [-0.4, -0.2) is 55.7 Å². The number of aliphatic hydroxyl groups excluding tert-OH is 1. The summed E-state index contributed by atoms with van der Waals surface area (Å²) in [5.74, 6) is 0.423. The van der Waals surface area contributed by atoms with Crippen molar-refractivity contribution < 1.29 is 19.8 Å². The van der Waals surface area contributed by atoms with Crippen LogP contribution in [0.5, 0.6) is 0 Å². The SMILES string of the molecule is OCCC1(O)CCN(O)CC(Cc2ccnc(Nc3ncc(-c4ccc(F)cc4)s3)c2)C1. The minimum absolute atomic E-state index is 0.0410. The van der Waals surface area contributed by atoms with Gasteiger partial charge in [-0.05, 0) is 67.0 Å². The highest BCUT2D eigenvalue weighted by atomic mass is 32.1. The summed E-state index contributed by atoms with van der Waals surface area (Å²) in [4.78, 5) is 9.70. The Morgan fingerprint density at radius 2 is 2.03 bits per heavy atom. The number of pyridine rings is 1. The minimum Gasteiger partial charge on any atom is -0.396 e. The predicted molar refractivity (Wildman–Crippen MR) is 121 cm³/mol. The normalized spacial score (nSPS) is 21.9. The van der Waals surface area contributed by atoms with Crippen molar-refractivity contribution >= 4 is 22.3 Å². The Balaban J connectivity index is 1.44. The Labute approximate surface area is 190 Å². The van der Waals surface area contributed by atoms with E-state index in [0.717, 1.165) is 16.0 Å². The van der Waals surface area contributed by atoms with Crippen molar-refractivity contribution in [3.8, 4) is 10.4 Å². The lowest BCUT2D eigenvalue weighted by atomic mass is 9.84. The summed E-state index contributed by atoms with van der Waals surface area (Å²) in [5, 5.41) is 35.4. The van der Waals surface area contributed by atoms with Crippen molar-refractivity contribution in [2.24, 2.45) is 5.92 Å². The smallest absolute Gasteiger partial charge is 0.188 e. The monoisotopic (exact) mass is 458 g/mol. The molecule has 7 nitrogen and oxygen atoms in total. The number of aliphatic hydroxyl groups is 2. The van der Waals surface area contributed by atoms with Crippen LogP contribution in [-0.2, 0) is 6.42 Å². The number of hydrogen-bond acceptors (Lipinski definition) is 8. The number of aromatic nitrogens is 2. The highest BCUT2D eigenvalue weighted by Crippen LogP contribution is 2.32. The fourth-order valence-electron chi connectivity index (χ4n) is 4.19. The number of hydrogen-bond donors (Lipinski definition) is 4. The first kappa shape index (κ1) is 22.8. The van der Waals surface area contributed by atoms with Crippen LogP contribution in [0, 0.1) is 11.7 Å². The molecule has 0 bridgehead atoms. The lowest BCUT2D eigenvalue weighted by Crippen LogP contribution is -2.33. The number of benzene rings is 1. The van der Waals surface area contributed by atoms with Gasteiger partial charge in [0, 0.05) is 32.1 Å². The first-order valence-electron chi connectivity index (χ1n) is 10.6. The van der Waals surface area contributed by atoms with Crippen LogP contribution in [0.2, 0.25) is 0 Å². The first-order chi connectivity index (χ1) is 15.4. The minimum atomic E-state index is -0.970. The van der Waals surface area contributed by atoms with Crippen LogP contribution in [0.1, 0.15) is 24.8 Å². The molecule has 2 atom stereocenters. The van der Waals surface area contributed by atoms with Gasteiger partial charge >= 0.3 is 0 Å². The molecule has 2 unspecified atom stereocenters. The maximum atomic E-state index is 13.2. The van der Waals surface area contributed by atoms with Crippen LogP contribution < -0.4 is 5.32 Å². The first-order valence-corrected chi connectivity index (χ1v) is 11.4. The van der Waals surface area contributed by atoms with E-state index in [4.69, 9.17) is 0 Å². The Hall–Kier alpha value is -2.43. The quantitative estimate of drug-likeness (QED) is 0.427. The third-order valence-corrected chi connectivity index (χ3v) is 6.73. The molecule has 1 saturated heterocycles. The summed E-state index contributed by atoms with van der Waals surface area (Å²) < 4.78 is 13.2. The van der Waals surface area contributed by atoms with Gasteiger partial charge in [0.2, 0.25) is 0 Å². The van der Waals surface area contributed by atoms with E-state index in [1.165, 1.54) is 28.5 Å². The topological polar surface area (TPSA) is 102 Å². The number of thiazole rings is 1. The summed E-state index contributed by atoms with van der Waals surface area (Å²) in [7, 11) is 0. The molecular formula is C23H27FN4O3S. The second kappa shape index (κ2) is 10.0. The molecule has 0 amide bonds. The maximum absolute atomic E-state index is 13.2. The zero-order valence-corrected chi connectivity index (χ0v) is 18.4. The molecule has 1 fully saturated rings. The molecule has 4 rings (SSSR count). The van der Waals surface area contributed by atoms with Gasteiger partial charge in [0.15, 0.2) is 5.13 Å². The highest BCUT2D eigenvalue weighted by Gasteiger charge is 2.34. The molecular weight excluding hydrogens is 431 g/mol. The maximum Gasteiger partial charge on any atom is 0.188 e. The summed E-state index contributed by atoms with van der Waals surface area (Å²) in [6, 6.07) is 10.2. The van der Waals surface area contributed by atoms with Gasteiger partial charge in [-0.15, -0.1) is 0 Å². The van der Waals surface area contributed by atoms with Crippen LogP contribution >= 0.6 is 11.3 Å². The standard InChI is InChI=1S/C23H27FN4O3S/c24-19-3-1-18(2-4-19)20-14-26-22(32-20)27-21-12-16(5-8-25-21)11-17-13-23(30,7-10-29)6-9-28(31)15-17/h1-5,8,12,14,17,29-31H,6-7,9-11,13,15H2,(H,25,26,27). The van der Waals surface area contributed by atoms with Gasteiger partial charge in [0.25, 0.3) is 0 Å². The summed E-state index contributed by atoms with van der Waals surface area (Å²) in [6.07, 6.45) is 5.39. The van der Waals surface area contributed by atoms with Crippen molar-refractivity contribution in [2.75, 3.05) is 25.0 Å². The van der Waals surface area contributed by atoms with E-state index in [0.29, 0.717) is 49.7 Å². The van der Waals surface area contributed by atoms with Crippen molar-refractivity contribution in [1.29, 1.82) is 0 Å². The second-order valence-corrected chi connectivity index (χ2v) is 9.38. The molecule has 2 aromatic heterocycles. The van der Waals surface area contributed by atoms with Crippen LogP contribution in [0.3, 0.4) is 0 Å². The third-order valence-electron chi connectivity index (χ3n) is 5.77. The molecule has 0 saturated carbocycles. The Bertz CT molecular complexity index is 1030. The van der Waals surface area contributed by atoms with Gasteiger partial charge in [0.05, 0.1) is 10.5 Å². The summed E-state index contributed by atoms with van der Waals surface area (Å²) >= 11 is 1.46. The molecule has 0 spiro atoms. The molecule has 32 heavy (non-hydrogen) atoms. The Kier molecular flexibility index (Phi) is 7.12. The summed E-state index contributed by atoms with van der Waals surface area (Å²) in [6.45, 7) is 0.772. The molecule has 0 radical (unpaired) electrons. The van der Waals surface area contributed by atoms with E-state index < -0.39 is 5.60 Å². The molecule has 0 aliphatic carbocycles. The fraction of sp³-hybridized carbons (Fsp3) is 0.391. The van der Waals surface area contributed by atoms with E-state index in [9.17, 15) is 19.8 Å². The van der Waals surface area contributed by atoms with Crippen molar-refractivity contribution in [3.05, 3.63) is 60.2 Å². The number of hydroxylamine groups is 2. The Morgan fingerprint density at radius 1 is 1.22 bits per heavy atom. The van der Waals surface area contributed by atoms with Gasteiger partial charge in [-0.25, -0.2) is 14.4 Å². The van der Waals surface area contributed by atoms with Gasteiger partial charge in [-0.3, -0.25) is 0 Å². The number of nitrogens with zero attached hydrogens (tertiary/aromatic N) is 3. The van der Waals surface area contributed by atoms with Crippen LogP contribution in [0.15, 0.2) is 48.8 Å². The Morgan fingerprint density at radius 3 is 2.81 bits per heavy atom. The highest BCUT2D eigenvalue weighted by molar-refractivity contribution is 7.18. The van der Waals surface area contributed by atoms with E-state index in [1.807, 2.05) is 12.1 Å². The van der Waals surface area contributed by atoms with Crippen molar-refractivity contribution in [1.82, 2.24) is 15.0 Å². The van der Waals surface area contributed by atoms with Gasteiger partial charge in [-0.2, -0.15) is 5.06 Å². The van der Waals surface area contributed by atoms with Gasteiger partial charge < -0.3 is 20.7 Å². The number of anilines is 2. The number of nitrogens with one attached hydrogen (secondary N) is 1. The molecule has 1 aliphatic rings. The van der Waals surface area contributed by atoms with Crippen LogP contribution in [0.25, 0.3) is 10.4 Å². The molecule has 1 aromatic carbocycles. The number of halogens is 1. The third kappa shape index (κ3) is 5.87. The summed E-state index contributed by atoms with van der Waals surface area (Å²) in [5.41, 5.74) is 0.961. The zero-order valence-electron chi connectivity index (χ0n) is 17.6. The van der Waals surface area contributed by atoms with Crippen molar-refractivity contribution in [2.45, 2.75) is 31.3 Å². The van der Waals surface area contributed by atoms with E-state index in [2.05, 4.69) is 15.3 Å². The predicted octanol–water partition coefficient (Wildman–Crippen LogP) is 3.85. The van der Waals surface area contributed by atoms with E-state index in [1.54, 1.807) is 24.5 Å². The van der Waals surface area contributed by atoms with Gasteiger partial charge in [-0.1, -0.05) is 23.5 Å². The average Bonchev–Trinajstić information content (AvgIpc) is 3.16. The largest absolute Gasteiger partial charge is 0.396 e. The lowest BCUT2D eigenvalue weighted by molar-refractivity contribution is -0.0990. The van der Waals surface area contributed by atoms with E-state index in [-0.39, 0.29) is 18.3 Å². The molecule has 3 aromatic rings. The van der Waals surface area contributed by atoms with E-state index >= 15 is 0 Å². The zero-order chi connectivity index (χ0) is 22.6. The molecule has 3 heterocycles. The molecule has 4 N–H and O–H groups in total.